The molecule has 2 saturated carbocycles. The highest BCUT2D eigenvalue weighted by Gasteiger charge is 2.51. The van der Waals surface area contributed by atoms with E-state index >= 15 is 0 Å². The van der Waals surface area contributed by atoms with Gasteiger partial charge in [0.15, 0.2) is 5.82 Å². The number of alkyl halides is 2. The number of carbonyl (C=O) groups is 1. The molecule has 2 heterocycles. The molecule has 0 unspecified atom stereocenters. The third-order valence-electron chi connectivity index (χ3n) is 6.25. The Balaban J connectivity index is 1.49. The van der Waals surface area contributed by atoms with E-state index in [1.54, 1.807) is 0 Å². The minimum absolute atomic E-state index is 0.0858. The lowest BCUT2D eigenvalue weighted by Gasteiger charge is -2.33. The van der Waals surface area contributed by atoms with Crippen LogP contribution in [0.3, 0.4) is 0 Å². The first kappa shape index (κ1) is 20.1. The SMILES string of the molecule is Cc1ccc(C2(c3noc(-c4cc(C(F)F)nn4C4CC(C(=O)O)C4)n3)CC2)c(Cl)c1. The molecule has 2 aliphatic carbocycles. The molecule has 0 spiro atoms. The van der Waals surface area contributed by atoms with E-state index in [0.29, 0.717) is 23.7 Å². The molecule has 2 aromatic heterocycles. The molecule has 2 fully saturated rings. The van der Waals surface area contributed by atoms with Crippen molar-refractivity contribution in [2.45, 2.75) is 50.5 Å². The maximum absolute atomic E-state index is 13.3. The van der Waals surface area contributed by atoms with Crippen molar-refractivity contribution in [3.63, 3.8) is 0 Å². The average molecular weight is 449 g/mol. The molecule has 0 amide bonds. The third kappa shape index (κ3) is 3.31. The van der Waals surface area contributed by atoms with Crippen LogP contribution in [0.5, 0.6) is 0 Å². The van der Waals surface area contributed by atoms with Gasteiger partial charge in [0, 0.05) is 5.02 Å². The molecular weight excluding hydrogens is 430 g/mol. The zero-order valence-electron chi connectivity index (χ0n) is 16.6. The first-order chi connectivity index (χ1) is 14.8. The summed E-state index contributed by atoms with van der Waals surface area (Å²) in [6.07, 6.45) is -0.523. The van der Waals surface area contributed by atoms with Gasteiger partial charge in [-0.2, -0.15) is 10.1 Å². The van der Waals surface area contributed by atoms with Gasteiger partial charge >= 0.3 is 5.97 Å². The third-order valence-corrected chi connectivity index (χ3v) is 6.56. The summed E-state index contributed by atoms with van der Waals surface area (Å²) >= 11 is 6.47. The fraction of sp³-hybridized carbons (Fsp3) is 0.429. The molecule has 5 rings (SSSR count). The van der Waals surface area contributed by atoms with E-state index in [1.807, 2.05) is 25.1 Å². The number of carboxylic acid groups (broad SMARTS) is 1. The minimum Gasteiger partial charge on any atom is -0.481 e. The first-order valence-corrected chi connectivity index (χ1v) is 10.4. The number of carboxylic acids is 1. The number of aryl methyl sites for hydroxylation is 1. The lowest BCUT2D eigenvalue weighted by Crippen LogP contribution is -2.33. The second kappa shape index (κ2) is 7.12. The number of benzene rings is 1. The summed E-state index contributed by atoms with van der Waals surface area (Å²) in [7, 11) is 0. The number of aliphatic carboxylic acids is 1. The van der Waals surface area contributed by atoms with Gasteiger partial charge in [0.25, 0.3) is 12.3 Å². The summed E-state index contributed by atoms with van der Waals surface area (Å²) in [5.41, 5.74) is 1.37. The Morgan fingerprint density at radius 3 is 2.68 bits per heavy atom. The summed E-state index contributed by atoms with van der Waals surface area (Å²) < 4.78 is 33.5. The van der Waals surface area contributed by atoms with Crippen LogP contribution in [0, 0.1) is 12.8 Å². The van der Waals surface area contributed by atoms with Crippen molar-refractivity contribution in [1.29, 1.82) is 0 Å². The molecule has 0 saturated heterocycles. The molecule has 1 N–H and O–H groups in total. The van der Waals surface area contributed by atoms with Crippen LogP contribution in [-0.2, 0) is 10.2 Å². The van der Waals surface area contributed by atoms with Crippen LogP contribution in [0.25, 0.3) is 11.6 Å². The zero-order valence-corrected chi connectivity index (χ0v) is 17.3. The van der Waals surface area contributed by atoms with Crippen molar-refractivity contribution in [1.82, 2.24) is 19.9 Å². The number of aromatic nitrogens is 4. The van der Waals surface area contributed by atoms with Crippen molar-refractivity contribution in [3.05, 3.63) is 51.9 Å². The van der Waals surface area contributed by atoms with Gasteiger partial charge in [0.05, 0.1) is 17.4 Å². The van der Waals surface area contributed by atoms with Crippen LogP contribution in [0.4, 0.5) is 8.78 Å². The standard InChI is InChI=1S/C21H19ClF2N4O3/c1-10-2-3-13(14(22)6-10)21(4-5-21)20-25-18(31-27-20)16-9-15(17(23)24)26-28(16)12-7-11(8-12)19(29)30/h2-3,6,9,11-12,17H,4-5,7-8H2,1H3,(H,29,30). The number of rotatable bonds is 6. The van der Waals surface area contributed by atoms with E-state index < -0.39 is 29.4 Å². The molecule has 1 aromatic carbocycles. The first-order valence-electron chi connectivity index (χ1n) is 10.00. The van der Waals surface area contributed by atoms with E-state index in [4.69, 9.17) is 21.2 Å². The maximum Gasteiger partial charge on any atom is 0.306 e. The predicted molar refractivity (Wildman–Crippen MR) is 106 cm³/mol. The van der Waals surface area contributed by atoms with Gasteiger partial charge in [-0.1, -0.05) is 28.9 Å². The summed E-state index contributed by atoms with van der Waals surface area (Å²) in [6.45, 7) is 1.96. The van der Waals surface area contributed by atoms with Crippen LogP contribution < -0.4 is 0 Å². The monoisotopic (exact) mass is 448 g/mol. The smallest absolute Gasteiger partial charge is 0.306 e. The largest absolute Gasteiger partial charge is 0.481 e. The number of hydrogen-bond donors (Lipinski definition) is 1. The molecule has 2 aliphatic rings. The lowest BCUT2D eigenvalue weighted by atomic mass is 9.80. The summed E-state index contributed by atoms with van der Waals surface area (Å²) in [4.78, 5) is 15.7. The molecule has 0 aliphatic heterocycles. The van der Waals surface area contributed by atoms with Gasteiger partial charge in [-0.15, -0.1) is 0 Å². The highest BCUT2D eigenvalue weighted by atomic mass is 35.5. The minimum atomic E-state index is -2.76. The summed E-state index contributed by atoms with van der Waals surface area (Å²) in [5.74, 6) is -0.863. The Morgan fingerprint density at radius 1 is 1.32 bits per heavy atom. The normalized spacial score (nSPS) is 21.8. The molecule has 31 heavy (non-hydrogen) atoms. The quantitative estimate of drug-likeness (QED) is 0.573. The Kier molecular flexibility index (Phi) is 4.62. The zero-order chi connectivity index (χ0) is 21.9. The fourth-order valence-corrected chi connectivity index (χ4v) is 4.63. The number of hydrogen-bond acceptors (Lipinski definition) is 5. The van der Waals surface area contributed by atoms with Gasteiger partial charge in [0.1, 0.15) is 11.4 Å². The molecule has 3 aromatic rings. The Hall–Kier alpha value is -2.81. The lowest BCUT2D eigenvalue weighted by molar-refractivity contribution is -0.146. The van der Waals surface area contributed by atoms with Crippen molar-refractivity contribution < 1.29 is 23.2 Å². The van der Waals surface area contributed by atoms with Crippen molar-refractivity contribution >= 4 is 17.6 Å². The van der Waals surface area contributed by atoms with Crippen molar-refractivity contribution in [2.24, 2.45) is 5.92 Å². The highest BCUT2D eigenvalue weighted by molar-refractivity contribution is 6.31. The van der Waals surface area contributed by atoms with Crippen LogP contribution in [0.15, 0.2) is 28.8 Å². The van der Waals surface area contributed by atoms with Gasteiger partial charge < -0.3 is 9.63 Å². The second-order valence-electron chi connectivity index (χ2n) is 8.35. The fourth-order valence-electron chi connectivity index (χ4n) is 4.22. The van der Waals surface area contributed by atoms with Crippen LogP contribution >= 0.6 is 11.6 Å². The van der Waals surface area contributed by atoms with Crippen molar-refractivity contribution in [2.75, 3.05) is 0 Å². The molecule has 7 nitrogen and oxygen atoms in total. The Bertz CT molecular complexity index is 1170. The van der Waals surface area contributed by atoms with E-state index in [1.165, 1.54) is 10.7 Å². The summed E-state index contributed by atoms with van der Waals surface area (Å²) in [5, 5.41) is 17.9. The molecule has 0 radical (unpaired) electrons. The topological polar surface area (TPSA) is 94.0 Å². The number of nitrogens with zero attached hydrogens (tertiary/aromatic N) is 4. The van der Waals surface area contributed by atoms with Crippen molar-refractivity contribution in [3.8, 4) is 11.6 Å². The second-order valence-corrected chi connectivity index (χ2v) is 8.76. The van der Waals surface area contributed by atoms with E-state index in [0.717, 1.165) is 24.0 Å². The summed E-state index contributed by atoms with van der Waals surface area (Å²) in [6, 6.07) is 6.74. The van der Waals surface area contributed by atoms with E-state index in [2.05, 4.69) is 15.2 Å². The molecular formula is C21H19ClF2N4O3. The van der Waals surface area contributed by atoms with Gasteiger partial charge in [0.2, 0.25) is 0 Å². The maximum atomic E-state index is 13.3. The predicted octanol–water partition coefficient (Wildman–Crippen LogP) is 4.95. The van der Waals surface area contributed by atoms with E-state index in [9.17, 15) is 13.6 Å². The number of halogens is 3. The van der Waals surface area contributed by atoms with E-state index in [-0.39, 0.29) is 17.6 Å². The molecule has 162 valence electrons. The van der Waals surface area contributed by atoms with Crippen LogP contribution in [0.2, 0.25) is 5.02 Å². The van der Waals surface area contributed by atoms with Crippen LogP contribution in [0.1, 0.15) is 60.8 Å². The molecule has 0 atom stereocenters. The van der Waals surface area contributed by atoms with Crippen LogP contribution in [-0.4, -0.2) is 31.0 Å². The van der Waals surface area contributed by atoms with Gasteiger partial charge in [-0.3, -0.25) is 9.48 Å². The molecule has 0 bridgehead atoms. The Morgan fingerprint density at radius 2 is 2.06 bits per heavy atom. The van der Waals surface area contributed by atoms with Gasteiger partial charge in [-0.05, 0) is 55.9 Å². The van der Waals surface area contributed by atoms with Gasteiger partial charge in [-0.25, -0.2) is 8.78 Å². The average Bonchev–Trinajstić information content (AvgIpc) is 3.10. The Labute approximate surface area is 181 Å². The molecule has 10 heteroatoms. The highest BCUT2D eigenvalue weighted by Crippen LogP contribution is 2.54.